The third kappa shape index (κ3) is 3.19. The van der Waals surface area contributed by atoms with Crippen LogP contribution in [-0.2, 0) is 4.79 Å². The first-order valence-electron chi connectivity index (χ1n) is 5.53. The largest absolute Gasteiger partial charge is 0.396 e. The number of anilines is 1. The second kappa shape index (κ2) is 6.00. The number of nitrogens with zero attached hydrogens (tertiary/aromatic N) is 1. The molecule has 1 aromatic rings. The first-order valence-corrected chi connectivity index (χ1v) is 5.53. The maximum atomic E-state index is 13.2. The highest BCUT2D eigenvalue weighted by atomic mass is 19.1. The van der Waals surface area contributed by atoms with E-state index in [2.05, 4.69) is 5.32 Å². The monoisotopic (exact) mass is 253 g/mol. The molecule has 1 rings (SSSR count). The molecular weight excluding hydrogens is 237 g/mol. The molecule has 3 N–H and O–H groups in total. The number of likely N-dealkylation sites (N-methyl/N-ethyl adjacent to an activating group) is 2. The van der Waals surface area contributed by atoms with Crippen LogP contribution in [0.3, 0.4) is 0 Å². The van der Waals surface area contributed by atoms with Gasteiger partial charge in [-0.1, -0.05) is 6.07 Å². The number of nitrogens with two attached hydrogens (primary N) is 1. The topological polar surface area (TPSA) is 75.4 Å². The molecule has 1 aromatic carbocycles. The average Bonchev–Trinajstić information content (AvgIpc) is 2.32. The number of para-hydroxylation sites is 1. The molecule has 0 aromatic heterocycles. The molecule has 0 unspecified atom stereocenters. The van der Waals surface area contributed by atoms with Gasteiger partial charge in [-0.15, -0.1) is 0 Å². The zero-order chi connectivity index (χ0) is 13.7. The minimum Gasteiger partial charge on any atom is -0.396 e. The number of benzene rings is 1. The normalized spacial score (nSPS) is 9.94. The van der Waals surface area contributed by atoms with Crippen LogP contribution in [0, 0.1) is 5.82 Å². The van der Waals surface area contributed by atoms with Crippen molar-refractivity contribution in [2.75, 3.05) is 25.9 Å². The lowest BCUT2D eigenvalue weighted by Crippen LogP contribution is -2.38. The summed E-state index contributed by atoms with van der Waals surface area (Å²) in [7, 11) is 1.46. The lowest BCUT2D eigenvalue weighted by atomic mass is 10.1. The number of halogens is 1. The third-order valence-electron chi connectivity index (χ3n) is 2.38. The molecule has 98 valence electrons. The summed E-state index contributed by atoms with van der Waals surface area (Å²) in [6.45, 7) is 2.18. The highest BCUT2D eigenvalue weighted by Crippen LogP contribution is 2.17. The number of rotatable bonds is 4. The summed E-state index contributed by atoms with van der Waals surface area (Å²) in [6, 6.07) is 4.00. The predicted molar refractivity (Wildman–Crippen MR) is 66.5 cm³/mol. The van der Waals surface area contributed by atoms with Crippen LogP contribution in [0.1, 0.15) is 17.3 Å². The van der Waals surface area contributed by atoms with Gasteiger partial charge in [0.1, 0.15) is 5.82 Å². The molecule has 0 radical (unpaired) electrons. The van der Waals surface area contributed by atoms with Crippen LogP contribution in [0.15, 0.2) is 18.2 Å². The first-order chi connectivity index (χ1) is 8.47. The van der Waals surface area contributed by atoms with Crippen molar-refractivity contribution in [1.29, 1.82) is 0 Å². The van der Waals surface area contributed by atoms with Crippen molar-refractivity contribution in [2.45, 2.75) is 6.92 Å². The molecule has 0 heterocycles. The van der Waals surface area contributed by atoms with Gasteiger partial charge >= 0.3 is 0 Å². The summed E-state index contributed by atoms with van der Waals surface area (Å²) in [5.74, 6) is -1.41. The van der Waals surface area contributed by atoms with Crippen LogP contribution in [0.5, 0.6) is 0 Å². The van der Waals surface area contributed by atoms with E-state index in [1.54, 1.807) is 6.92 Å². The Bertz CT molecular complexity index is 463. The predicted octanol–water partition coefficient (Wildman–Crippen LogP) is 0.616. The van der Waals surface area contributed by atoms with Gasteiger partial charge < -0.3 is 16.0 Å². The minimum atomic E-state index is -0.646. The SMILES string of the molecule is CCNC(=O)CN(C)C(=O)c1cccc(F)c1N. The van der Waals surface area contributed by atoms with Crippen molar-refractivity contribution in [3.63, 3.8) is 0 Å². The van der Waals surface area contributed by atoms with Gasteiger partial charge in [-0.2, -0.15) is 0 Å². The highest BCUT2D eigenvalue weighted by molar-refractivity contribution is 6.00. The summed E-state index contributed by atoms with van der Waals surface area (Å²) in [5, 5.41) is 2.57. The third-order valence-corrected chi connectivity index (χ3v) is 2.38. The molecule has 0 fully saturated rings. The molecule has 0 aliphatic heterocycles. The summed E-state index contributed by atoms with van der Waals surface area (Å²) in [5.41, 5.74) is 5.34. The smallest absolute Gasteiger partial charge is 0.256 e. The van der Waals surface area contributed by atoms with Crippen molar-refractivity contribution < 1.29 is 14.0 Å². The fourth-order valence-electron chi connectivity index (χ4n) is 1.47. The van der Waals surface area contributed by atoms with Gasteiger partial charge in [-0.25, -0.2) is 4.39 Å². The van der Waals surface area contributed by atoms with Gasteiger partial charge in [0.25, 0.3) is 5.91 Å². The molecule has 0 saturated heterocycles. The van der Waals surface area contributed by atoms with Crippen molar-refractivity contribution in [2.24, 2.45) is 0 Å². The lowest BCUT2D eigenvalue weighted by molar-refractivity contribution is -0.121. The van der Waals surface area contributed by atoms with E-state index in [9.17, 15) is 14.0 Å². The van der Waals surface area contributed by atoms with Crippen LogP contribution in [0.25, 0.3) is 0 Å². The highest BCUT2D eigenvalue weighted by Gasteiger charge is 2.18. The van der Waals surface area contributed by atoms with Crippen molar-refractivity contribution in [3.05, 3.63) is 29.6 Å². The van der Waals surface area contributed by atoms with Crippen molar-refractivity contribution in [1.82, 2.24) is 10.2 Å². The van der Waals surface area contributed by atoms with Gasteiger partial charge in [0, 0.05) is 13.6 Å². The molecule has 2 amide bonds. The van der Waals surface area contributed by atoms with E-state index in [0.717, 1.165) is 0 Å². The van der Waals surface area contributed by atoms with Crippen LogP contribution in [0.4, 0.5) is 10.1 Å². The number of carbonyl (C=O) groups is 2. The number of hydrogen-bond acceptors (Lipinski definition) is 3. The quantitative estimate of drug-likeness (QED) is 0.772. The van der Waals surface area contributed by atoms with E-state index in [1.807, 2.05) is 0 Å². The zero-order valence-electron chi connectivity index (χ0n) is 10.4. The van der Waals surface area contributed by atoms with E-state index in [4.69, 9.17) is 5.73 Å². The standard InChI is InChI=1S/C12H16FN3O2/c1-3-15-10(17)7-16(2)12(18)8-5-4-6-9(13)11(8)14/h4-6H,3,7,14H2,1-2H3,(H,15,17). The second-order valence-corrected chi connectivity index (χ2v) is 3.82. The number of nitrogens with one attached hydrogen (secondary N) is 1. The van der Waals surface area contributed by atoms with Crippen molar-refractivity contribution in [3.8, 4) is 0 Å². The maximum Gasteiger partial charge on any atom is 0.256 e. The second-order valence-electron chi connectivity index (χ2n) is 3.82. The van der Waals surface area contributed by atoms with Crippen LogP contribution in [-0.4, -0.2) is 36.9 Å². The fraction of sp³-hybridized carbons (Fsp3) is 0.333. The van der Waals surface area contributed by atoms with E-state index in [1.165, 1.54) is 30.1 Å². The molecule has 0 atom stereocenters. The molecule has 0 spiro atoms. The molecule has 18 heavy (non-hydrogen) atoms. The minimum absolute atomic E-state index is 0.0572. The zero-order valence-corrected chi connectivity index (χ0v) is 10.4. The Kier molecular flexibility index (Phi) is 4.65. The van der Waals surface area contributed by atoms with Crippen LogP contribution < -0.4 is 11.1 Å². The van der Waals surface area contributed by atoms with Gasteiger partial charge in [0.15, 0.2) is 0 Å². The van der Waals surface area contributed by atoms with E-state index >= 15 is 0 Å². The van der Waals surface area contributed by atoms with Crippen molar-refractivity contribution >= 4 is 17.5 Å². The van der Waals surface area contributed by atoms with Crippen LogP contribution >= 0.6 is 0 Å². The fourth-order valence-corrected chi connectivity index (χ4v) is 1.47. The molecule has 0 aliphatic carbocycles. The van der Waals surface area contributed by atoms with Crippen LogP contribution in [0.2, 0.25) is 0 Å². The molecular formula is C12H16FN3O2. The van der Waals surface area contributed by atoms with E-state index in [0.29, 0.717) is 6.54 Å². The Morgan fingerprint density at radius 1 is 1.44 bits per heavy atom. The molecule has 0 aliphatic rings. The molecule has 0 bridgehead atoms. The Morgan fingerprint density at radius 2 is 2.11 bits per heavy atom. The Labute approximate surface area is 105 Å². The van der Waals surface area contributed by atoms with Gasteiger partial charge in [-0.3, -0.25) is 9.59 Å². The molecule has 0 saturated carbocycles. The summed E-state index contributed by atoms with van der Waals surface area (Å²) in [6.07, 6.45) is 0. The number of amides is 2. The molecule has 6 heteroatoms. The summed E-state index contributed by atoms with van der Waals surface area (Å²) >= 11 is 0. The first kappa shape index (κ1) is 14.0. The Hall–Kier alpha value is -2.11. The number of carbonyl (C=O) groups excluding carboxylic acids is 2. The molecule has 5 nitrogen and oxygen atoms in total. The van der Waals surface area contributed by atoms with E-state index < -0.39 is 11.7 Å². The number of hydrogen-bond donors (Lipinski definition) is 2. The summed E-state index contributed by atoms with van der Waals surface area (Å²) < 4.78 is 13.2. The van der Waals surface area contributed by atoms with E-state index in [-0.39, 0.29) is 23.7 Å². The van der Waals surface area contributed by atoms with Gasteiger partial charge in [-0.05, 0) is 19.1 Å². The average molecular weight is 253 g/mol. The maximum absolute atomic E-state index is 13.2. The summed E-state index contributed by atoms with van der Waals surface area (Å²) in [4.78, 5) is 24.5. The lowest BCUT2D eigenvalue weighted by Gasteiger charge is -2.17. The van der Waals surface area contributed by atoms with Gasteiger partial charge in [0.05, 0.1) is 17.8 Å². The number of nitrogen functional groups attached to an aromatic ring is 1. The van der Waals surface area contributed by atoms with Gasteiger partial charge in [0.2, 0.25) is 5.91 Å². The Balaban J connectivity index is 2.81. The Morgan fingerprint density at radius 3 is 2.72 bits per heavy atom.